The first kappa shape index (κ1) is 18.9. The maximum absolute atomic E-state index is 13.0. The van der Waals surface area contributed by atoms with E-state index in [1.807, 2.05) is 91.5 Å². The number of fused-ring (bicyclic) bond motifs is 1. The minimum atomic E-state index is -0.319. The van der Waals surface area contributed by atoms with Crippen LogP contribution in [0.1, 0.15) is 45.1 Å². The standard InChI is InChI=1S/C25H24N2O2/c1-17-7-11-19(12-8-17)23(15-24(28)26-21-13-9-18(2)10-14-21)27-16-20-5-3-4-6-22(20)25(27)29/h3-14,23H,15-16H2,1-2H3,(H,26,28)/t23-/m1/s1. The number of benzene rings is 3. The van der Waals surface area contributed by atoms with Crippen LogP contribution in [0.2, 0.25) is 0 Å². The fourth-order valence-corrected chi connectivity index (χ4v) is 3.75. The van der Waals surface area contributed by atoms with Crippen molar-refractivity contribution in [3.05, 3.63) is 101 Å². The van der Waals surface area contributed by atoms with Crippen LogP contribution in [0.5, 0.6) is 0 Å². The number of hydrogen-bond donors (Lipinski definition) is 1. The van der Waals surface area contributed by atoms with Crippen LogP contribution in [0, 0.1) is 13.8 Å². The SMILES string of the molecule is Cc1ccc(NC(=O)C[C@H](c2ccc(C)cc2)N2Cc3ccccc3C2=O)cc1. The van der Waals surface area contributed by atoms with E-state index in [1.165, 1.54) is 0 Å². The Morgan fingerprint density at radius 2 is 1.55 bits per heavy atom. The van der Waals surface area contributed by atoms with Crippen LogP contribution in [0.25, 0.3) is 0 Å². The van der Waals surface area contributed by atoms with Gasteiger partial charge in [-0.1, -0.05) is 65.7 Å². The monoisotopic (exact) mass is 384 g/mol. The van der Waals surface area contributed by atoms with Gasteiger partial charge in [0.05, 0.1) is 12.5 Å². The lowest BCUT2D eigenvalue weighted by Gasteiger charge is -2.28. The van der Waals surface area contributed by atoms with Gasteiger partial charge < -0.3 is 10.2 Å². The largest absolute Gasteiger partial charge is 0.327 e. The molecular formula is C25H24N2O2. The maximum atomic E-state index is 13.0. The zero-order valence-electron chi connectivity index (χ0n) is 16.7. The number of carbonyl (C=O) groups is 2. The van der Waals surface area contributed by atoms with E-state index in [-0.39, 0.29) is 24.3 Å². The summed E-state index contributed by atoms with van der Waals surface area (Å²) in [5.74, 6) is -0.127. The molecule has 146 valence electrons. The summed E-state index contributed by atoms with van der Waals surface area (Å²) < 4.78 is 0. The van der Waals surface area contributed by atoms with Gasteiger partial charge in [0, 0.05) is 17.8 Å². The number of carbonyl (C=O) groups excluding carboxylic acids is 2. The van der Waals surface area contributed by atoms with Crippen molar-refractivity contribution < 1.29 is 9.59 Å². The molecule has 4 nitrogen and oxygen atoms in total. The van der Waals surface area contributed by atoms with Gasteiger partial charge in [0.25, 0.3) is 5.91 Å². The van der Waals surface area contributed by atoms with Crippen LogP contribution in [-0.4, -0.2) is 16.7 Å². The summed E-state index contributed by atoms with van der Waals surface area (Å²) >= 11 is 0. The Labute approximate surface area is 171 Å². The normalized spacial score (nSPS) is 13.9. The molecule has 29 heavy (non-hydrogen) atoms. The molecule has 4 heteroatoms. The van der Waals surface area contributed by atoms with E-state index in [2.05, 4.69) is 5.32 Å². The number of anilines is 1. The number of hydrogen-bond acceptors (Lipinski definition) is 2. The van der Waals surface area contributed by atoms with Gasteiger partial charge in [-0.05, 0) is 43.2 Å². The van der Waals surface area contributed by atoms with Crippen LogP contribution in [0.3, 0.4) is 0 Å². The number of aryl methyl sites for hydroxylation is 2. The highest BCUT2D eigenvalue weighted by Gasteiger charge is 2.34. The minimum Gasteiger partial charge on any atom is -0.327 e. The van der Waals surface area contributed by atoms with Gasteiger partial charge in [0.15, 0.2) is 0 Å². The predicted molar refractivity (Wildman–Crippen MR) is 115 cm³/mol. The molecule has 3 aromatic carbocycles. The molecule has 0 aromatic heterocycles. The molecule has 1 heterocycles. The van der Waals surface area contributed by atoms with E-state index >= 15 is 0 Å². The molecule has 0 radical (unpaired) electrons. The summed E-state index contributed by atoms with van der Waals surface area (Å²) in [6.07, 6.45) is 0.205. The summed E-state index contributed by atoms with van der Waals surface area (Å²) in [6, 6.07) is 23.1. The van der Waals surface area contributed by atoms with E-state index in [0.717, 1.165) is 33.5 Å². The van der Waals surface area contributed by atoms with Gasteiger partial charge in [-0.2, -0.15) is 0 Å². The Morgan fingerprint density at radius 1 is 0.931 bits per heavy atom. The van der Waals surface area contributed by atoms with Crippen molar-refractivity contribution in [1.29, 1.82) is 0 Å². The first-order valence-corrected chi connectivity index (χ1v) is 9.83. The van der Waals surface area contributed by atoms with Crippen molar-refractivity contribution in [1.82, 2.24) is 4.90 Å². The molecule has 3 aromatic rings. The molecule has 1 aliphatic rings. The zero-order chi connectivity index (χ0) is 20.4. The Balaban J connectivity index is 1.59. The van der Waals surface area contributed by atoms with Gasteiger partial charge in [0.1, 0.15) is 0 Å². The van der Waals surface area contributed by atoms with Crippen molar-refractivity contribution in [3.63, 3.8) is 0 Å². The summed E-state index contributed by atoms with van der Waals surface area (Å²) in [4.78, 5) is 27.7. The lowest BCUT2D eigenvalue weighted by molar-refractivity contribution is -0.117. The Bertz CT molecular complexity index is 1040. The van der Waals surface area contributed by atoms with Crippen LogP contribution < -0.4 is 5.32 Å². The van der Waals surface area contributed by atoms with E-state index in [1.54, 1.807) is 0 Å². The molecule has 0 bridgehead atoms. The smallest absolute Gasteiger partial charge is 0.255 e. The zero-order valence-corrected chi connectivity index (χ0v) is 16.7. The lowest BCUT2D eigenvalue weighted by atomic mass is 10.00. The van der Waals surface area contributed by atoms with Crippen LogP contribution in [0.4, 0.5) is 5.69 Å². The van der Waals surface area contributed by atoms with Gasteiger partial charge >= 0.3 is 0 Å². The average molecular weight is 384 g/mol. The molecule has 0 saturated carbocycles. The number of rotatable bonds is 5. The highest BCUT2D eigenvalue weighted by molar-refractivity contribution is 5.99. The second-order valence-corrected chi connectivity index (χ2v) is 7.64. The van der Waals surface area contributed by atoms with Gasteiger partial charge in [-0.3, -0.25) is 9.59 Å². The van der Waals surface area contributed by atoms with E-state index in [9.17, 15) is 9.59 Å². The quantitative estimate of drug-likeness (QED) is 0.671. The number of amides is 2. The topological polar surface area (TPSA) is 49.4 Å². The first-order valence-electron chi connectivity index (χ1n) is 9.83. The molecule has 1 atom stereocenters. The molecule has 1 aliphatic heterocycles. The molecule has 0 spiro atoms. The molecule has 2 amide bonds. The molecule has 0 unspecified atom stereocenters. The molecule has 4 rings (SSSR count). The number of nitrogens with one attached hydrogen (secondary N) is 1. The Hall–Kier alpha value is -3.40. The molecule has 0 saturated heterocycles. The highest BCUT2D eigenvalue weighted by atomic mass is 16.2. The lowest BCUT2D eigenvalue weighted by Crippen LogP contribution is -2.32. The third kappa shape index (κ3) is 4.06. The molecular weight excluding hydrogens is 360 g/mol. The van der Waals surface area contributed by atoms with Crippen LogP contribution in [0.15, 0.2) is 72.8 Å². The summed E-state index contributed by atoms with van der Waals surface area (Å²) in [6.45, 7) is 4.56. The fourth-order valence-electron chi connectivity index (χ4n) is 3.75. The highest BCUT2D eigenvalue weighted by Crippen LogP contribution is 2.33. The van der Waals surface area contributed by atoms with Gasteiger partial charge in [0.2, 0.25) is 5.91 Å². The summed E-state index contributed by atoms with van der Waals surface area (Å²) in [5, 5.41) is 2.96. The van der Waals surface area contributed by atoms with Crippen LogP contribution in [-0.2, 0) is 11.3 Å². The van der Waals surface area contributed by atoms with Crippen molar-refractivity contribution in [2.45, 2.75) is 32.9 Å². The Kier molecular flexibility index (Phi) is 5.17. The minimum absolute atomic E-state index is 0.0192. The third-order valence-corrected chi connectivity index (χ3v) is 5.40. The van der Waals surface area contributed by atoms with Gasteiger partial charge in [-0.25, -0.2) is 0 Å². The summed E-state index contributed by atoms with van der Waals surface area (Å²) in [5.41, 5.74) is 5.75. The van der Waals surface area contributed by atoms with Crippen molar-refractivity contribution >= 4 is 17.5 Å². The molecule has 0 fully saturated rings. The van der Waals surface area contributed by atoms with Crippen molar-refractivity contribution in [3.8, 4) is 0 Å². The second kappa shape index (κ2) is 7.92. The average Bonchev–Trinajstić information content (AvgIpc) is 3.05. The van der Waals surface area contributed by atoms with E-state index < -0.39 is 0 Å². The number of nitrogens with zero attached hydrogens (tertiary/aromatic N) is 1. The van der Waals surface area contributed by atoms with Crippen LogP contribution >= 0.6 is 0 Å². The second-order valence-electron chi connectivity index (χ2n) is 7.64. The van der Waals surface area contributed by atoms with E-state index in [0.29, 0.717) is 6.54 Å². The van der Waals surface area contributed by atoms with Crippen molar-refractivity contribution in [2.75, 3.05) is 5.32 Å². The first-order chi connectivity index (χ1) is 14.0. The van der Waals surface area contributed by atoms with E-state index in [4.69, 9.17) is 0 Å². The third-order valence-electron chi connectivity index (χ3n) is 5.40. The fraction of sp³-hybridized carbons (Fsp3) is 0.200. The maximum Gasteiger partial charge on any atom is 0.255 e. The van der Waals surface area contributed by atoms with Gasteiger partial charge in [-0.15, -0.1) is 0 Å². The predicted octanol–water partition coefficient (Wildman–Crippen LogP) is 5.03. The Morgan fingerprint density at radius 3 is 2.21 bits per heavy atom. The molecule has 0 aliphatic carbocycles. The molecule has 1 N–H and O–H groups in total. The van der Waals surface area contributed by atoms with Crippen molar-refractivity contribution in [2.24, 2.45) is 0 Å². The summed E-state index contributed by atoms with van der Waals surface area (Å²) in [7, 11) is 0.